The zero-order valence-corrected chi connectivity index (χ0v) is 11.7. The molecule has 0 saturated heterocycles. The molecular formula is C14H11ClFN5. The molecule has 2 aliphatic rings. The van der Waals surface area contributed by atoms with Crippen LogP contribution in [0.15, 0.2) is 24.7 Å². The second-order valence-corrected chi connectivity index (χ2v) is 5.29. The van der Waals surface area contributed by atoms with Gasteiger partial charge >= 0.3 is 0 Å². The summed E-state index contributed by atoms with van der Waals surface area (Å²) in [4.78, 5) is 11.9. The van der Waals surface area contributed by atoms with Crippen LogP contribution in [-0.4, -0.2) is 26.5 Å². The van der Waals surface area contributed by atoms with Crippen molar-refractivity contribution < 1.29 is 4.39 Å². The Morgan fingerprint density at radius 3 is 3.14 bits per heavy atom. The lowest BCUT2D eigenvalue weighted by molar-refractivity contribution is 0.459. The van der Waals surface area contributed by atoms with Crippen LogP contribution in [0.3, 0.4) is 0 Å². The number of fused-ring (bicyclic) bond motifs is 3. The van der Waals surface area contributed by atoms with Crippen LogP contribution in [0.4, 0.5) is 10.1 Å². The highest BCUT2D eigenvalue weighted by Crippen LogP contribution is 2.43. The average molecular weight is 304 g/mol. The molecule has 21 heavy (non-hydrogen) atoms. The molecule has 0 spiro atoms. The van der Waals surface area contributed by atoms with E-state index in [2.05, 4.69) is 20.4 Å². The summed E-state index contributed by atoms with van der Waals surface area (Å²) < 4.78 is 14.1. The fourth-order valence-electron chi connectivity index (χ4n) is 2.85. The molecule has 7 heteroatoms. The number of rotatable bonds is 1. The third-order valence-corrected chi connectivity index (χ3v) is 3.88. The number of aromatic nitrogens is 3. The predicted molar refractivity (Wildman–Crippen MR) is 77.6 cm³/mol. The normalized spacial score (nSPS) is 16.6. The lowest BCUT2D eigenvalue weighted by atomic mass is 9.96. The smallest absolute Gasteiger partial charge is 0.223 e. The number of hydrogen-bond acceptors (Lipinski definition) is 5. The number of halogens is 2. The quantitative estimate of drug-likeness (QED) is 0.821. The van der Waals surface area contributed by atoms with Crippen molar-refractivity contribution in [3.8, 4) is 0 Å². The van der Waals surface area contributed by atoms with E-state index in [1.165, 1.54) is 0 Å². The Bertz CT molecular complexity index is 761. The van der Waals surface area contributed by atoms with Gasteiger partial charge in [-0.25, -0.2) is 14.4 Å². The van der Waals surface area contributed by atoms with Gasteiger partial charge in [-0.15, -0.1) is 0 Å². The molecule has 1 N–H and O–H groups in total. The Morgan fingerprint density at radius 1 is 1.33 bits per heavy atom. The monoisotopic (exact) mass is 303 g/mol. The average Bonchev–Trinajstić information content (AvgIpc) is 2.88. The molecule has 2 aliphatic heterocycles. The fraction of sp³-hybridized carbons (Fsp3) is 0.214. The van der Waals surface area contributed by atoms with Gasteiger partial charge in [-0.3, -0.25) is 15.4 Å². The number of allylic oxidation sites excluding steroid dienone is 1. The lowest BCUT2D eigenvalue weighted by Crippen LogP contribution is -2.28. The molecule has 0 atom stereocenters. The van der Waals surface area contributed by atoms with E-state index in [0.717, 1.165) is 48.1 Å². The van der Waals surface area contributed by atoms with E-state index in [4.69, 9.17) is 11.6 Å². The van der Waals surface area contributed by atoms with E-state index in [9.17, 15) is 4.39 Å². The van der Waals surface area contributed by atoms with Crippen LogP contribution in [0.1, 0.15) is 24.1 Å². The molecule has 0 amide bonds. The topological polar surface area (TPSA) is 53.9 Å². The van der Waals surface area contributed by atoms with Crippen LogP contribution >= 0.6 is 11.6 Å². The van der Waals surface area contributed by atoms with Crippen LogP contribution in [0, 0.1) is 5.82 Å². The first-order valence-electron chi connectivity index (χ1n) is 6.64. The number of nitrogens with zero attached hydrogens (tertiary/aromatic N) is 4. The molecule has 106 valence electrons. The van der Waals surface area contributed by atoms with Crippen molar-refractivity contribution in [1.29, 1.82) is 0 Å². The summed E-state index contributed by atoms with van der Waals surface area (Å²) in [5.74, 6) is -0.453. The van der Waals surface area contributed by atoms with Gasteiger partial charge in [0.25, 0.3) is 0 Å². The minimum absolute atomic E-state index is 0.0533. The van der Waals surface area contributed by atoms with Crippen molar-refractivity contribution in [2.75, 3.05) is 12.0 Å². The maximum absolute atomic E-state index is 14.1. The second-order valence-electron chi connectivity index (χ2n) is 4.95. The first-order valence-corrected chi connectivity index (χ1v) is 7.02. The SMILES string of the molecule is Fc1cnc(Cl)nc1C1=C2c3ccncc3NN2CCC1. The van der Waals surface area contributed by atoms with Crippen LogP contribution in [0.25, 0.3) is 11.3 Å². The molecule has 0 bridgehead atoms. The molecule has 5 nitrogen and oxygen atoms in total. The van der Waals surface area contributed by atoms with Gasteiger partial charge in [-0.1, -0.05) is 0 Å². The van der Waals surface area contributed by atoms with Gasteiger partial charge in [0.1, 0.15) is 5.69 Å². The maximum atomic E-state index is 14.1. The van der Waals surface area contributed by atoms with Gasteiger partial charge in [0.15, 0.2) is 5.82 Å². The van der Waals surface area contributed by atoms with E-state index >= 15 is 0 Å². The van der Waals surface area contributed by atoms with Gasteiger partial charge in [-0.2, -0.15) is 0 Å². The fourth-order valence-corrected chi connectivity index (χ4v) is 2.98. The minimum atomic E-state index is -0.453. The lowest BCUT2D eigenvalue weighted by Gasteiger charge is -2.28. The summed E-state index contributed by atoms with van der Waals surface area (Å²) in [6.45, 7) is 0.855. The van der Waals surface area contributed by atoms with Gasteiger partial charge in [0, 0.05) is 23.9 Å². The molecule has 0 fully saturated rings. The van der Waals surface area contributed by atoms with Crippen LogP contribution in [-0.2, 0) is 0 Å². The number of anilines is 1. The molecular weight excluding hydrogens is 293 g/mol. The van der Waals surface area contributed by atoms with E-state index in [1.54, 1.807) is 12.4 Å². The molecule has 0 saturated carbocycles. The van der Waals surface area contributed by atoms with Gasteiger partial charge in [0.2, 0.25) is 5.28 Å². The van der Waals surface area contributed by atoms with E-state index in [-0.39, 0.29) is 11.0 Å². The first-order chi connectivity index (χ1) is 10.2. The zero-order chi connectivity index (χ0) is 14.4. The van der Waals surface area contributed by atoms with Crippen molar-refractivity contribution in [3.05, 3.63) is 47.0 Å². The van der Waals surface area contributed by atoms with Gasteiger partial charge in [-0.05, 0) is 30.5 Å². The summed E-state index contributed by atoms with van der Waals surface area (Å²) in [6, 6.07) is 1.92. The van der Waals surface area contributed by atoms with Crippen molar-refractivity contribution in [3.63, 3.8) is 0 Å². The molecule has 0 aromatic carbocycles. The Labute approximate surface area is 125 Å². The van der Waals surface area contributed by atoms with Crippen LogP contribution in [0.5, 0.6) is 0 Å². The largest absolute Gasteiger partial charge is 0.296 e. The second kappa shape index (κ2) is 4.66. The summed E-state index contributed by atoms with van der Waals surface area (Å²) >= 11 is 5.83. The molecule has 0 aliphatic carbocycles. The Kier molecular flexibility index (Phi) is 2.78. The maximum Gasteiger partial charge on any atom is 0.223 e. The van der Waals surface area contributed by atoms with Crippen molar-refractivity contribution >= 4 is 28.6 Å². The van der Waals surface area contributed by atoms with Gasteiger partial charge < -0.3 is 0 Å². The number of nitrogens with one attached hydrogen (secondary N) is 1. The Hall–Kier alpha value is -2.21. The Balaban J connectivity index is 1.96. The van der Waals surface area contributed by atoms with E-state index < -0.39 is 5.82 Å². The summed E-state index contributed by atoms with van der Waals surface area (Å²) in [5.41, 5.74) is 7.29. The third kappa shape index (κ3) is 1.94. The first kappa shape index (κ1) is 12.5. The highest BCUT2D eigenvalue weighted by atomic mass is 35.5. The molecule has 2 aromatic heterocycles. The van der Waals surface area contributed by atoms with Crippen LogP contribution in [0.2, 0.25) is 5.28 Å². The zero-order valence-electron chi connectivity index (χ0n) is 11.0. The summed E-state index contributed by atoms with van der Waals surface area (Å²) in [5, 5.41) is 2.07. The number of hydrogen-bond donors (Lipinski definition) is 1. The predicted octanol–water partition coefficient (Wildman–Crippen LogP) is 2.97. The number of hydrazine groups is 1. The highest BCUT2D eigenvalue weighted by Gasteiger charge is 2.31. The highest BCUT2D eigenvalue weighted by molar-refractivity contribution is 6.28. The molecule has 0 radical (unpaired) electrons. The Morgan fingerprint density at radius 2 is 2.24 bits per heavy atom. The molecule has 4 heterocycles. The van der Waals surface area contributed by atoms with Crippen LogP contribution < -0.4 is 5.43 Å². The van der Waals surface area contributed by atoms with E-state index in [0.29, 0.717) is 0 Å². The standard InChI is InChI=1S/C14H11ClFN5/c15-14-18-6-10(16)12(19-14)9-2-1-5-21-13(9)8-3-4-17-7-11(8)20-21/h3-4,6-7,20H,1-2,5H2. The van der Waals surface area contributed by atoms with Crippen molar-refractivity contribution in [2.24, 2.45) is 0 Å². The summed E-state index contributed by atoms with van der Waals surface area (Å²) in [6.07, 6.45) is 6.27. The van der Waals surface area contributed by atoms with Crippen molar-refractivity contribution in [1.82, 2.24) is 20.0 Å². The molecule has 0 unspecified atom stereocenters. The van der Waals surface area contributed by atoms with Crippen molar-refractivity contribution in [2.45, 2.75) is 12.8 Å². The number of pyridine rings is 1. The molecule has 4 rings (SSSR count). The minimum Gasteiger partial charge on any atom is -0.296 e. The molecule has 2 aromatic rings. The third-order valence-electron chi connectivity index (χ3n) is 3.70. The van der Waals surface area contributed by atoms with Gasteiger partial charge in [0.05, 0.1) is 23.8 Å². The summed E-state index contributed by atoms with van der Waals surface area (Å²) in [7, 11) is 0. The van der Waals surface area contributed by atoms with E-state index in [1.807, 2.05) is 11.1 Å².